The van der Waals surface area contributed by atoms with Crippen LogP contribution in [0, 0.1) is 10.1 Å². The molecule has 1 aromatic carbocycles. The van der Waals surface area contributed by atoms with E-state index in [9.17, 15) is 19.7 Å². The largest absolute Gasteiger partial charge is 0.436 e. The molecule has 1 atom stereocenters. The maximum absolute atomic E-state index is 11.2. The normalized spacial score (nSPS) is 20.3. The fourth-order valence-corrected chi connectivity index (χ4v) is 3.74. The first-order valence-electron chi connectivity index (χ1n) is 9.62. The second-order valence-corrected chi connectivity index (χ2v) is 7.98. The first-order chi connectivity index (χ1) is 14.7. The molecule has 0 radical (unpaired) electrons. The molecule has 2 aliphatic heterocycles. The first kappa shape index (κ1) is 22.6. The number of hydrogen-bond donors (Lipinski definition) is 2. The number of aromatic nitrogens is 2. The van der Waals surface area contributed by atoms with Crippen LogP contribution >= 0.6 is 12.6 Å². The zero-order valence-corrected chi connectivity index (χ0v) is 17.9. The molecule has 0 spiro atoms. The summed E-state index contributed by atoms with van der Waals surface area (Å²) >= 11 is 3.83. The molecule has 2 aromatic rings. The van der Waals surface area contributed by atoms with Crippen molar-refractivity contribution >= 4 is 29.6 Å². The maximum atomic E-state index is 11.2. The second kappa shape index (κ2) is 9.35. The van der Waals surface area contributed by atoms with Crippen LogP contribution in [0.3, 0.4) is 0 Å². The number of nitrogens with zero attached hydrogens (tertiary/aromatic N) is 5. The van der Waals surface area contributed by atoms with Gasteiger partial charge >= 0.3 is 11.8 Å². The van der Waals surface area contributed by atoms with Crippen molar-refractivity contribution in [2.75, 3.05) is 32.7 Å². The van der Waals surface area contributed by atoms with E-state index >= 15 is 0 Å². The summed E-state index contributed by atoms with van der Waals surface area (Å²) in [5, 5.41) is 10.5. The molecule has 1 fully saturated rings. The summed E-state index contributed by atoms with van der Waals surface area (Å²) in [5.74, 6) is -0.575. The van der Waals surface area contributed by atoms with Crippen molar-refractivity contribution in [3.8, 4) is 6.01 Å². The minimum absolute atomic E-state index is 0.196. The minimum Gasteiger partial charge on any atom is -0.436 e. The van der Waals surface area contributed by atoms with Crippen LogP contribution in [0.5, 0.6) is 6.01 Å². The number of hydrogen-bond acceptors (Lipinski definition) is 7. The van der Waals surface area contributed by atoms with Crippen LogP contribution in [-0.2, 0) is 6.54 Å². The number of ether oxygens (including phenoxy) is 1. The molecule has 1 aromatic heterocycles. The van der Waals surface area contributed by atoms with Crippen LogP contribution < -0.4 is 10.5 Å². The third-order valence-electron chi connectivity index (χ3n) is 5.02. The highest BCUT2D eigenvalue weighted by Crippen LogP contribution is 2.31. The Bertz CT molecular complexity index is 934. The first-order valence-corrected chi connectivity index (χ1v) is 10.1. The quantitative estimate of drug-likeness (QED) is 0.410. The molecule has 3 heterocycles. The molecule has 1 saturated heterocycles. The summed E-state index contributed by atoms with van der Waals surface area (Å²) < 4.78 is 7.48. The third-order valence-corrected chi connectivity index (χ3v) is 5.30. The summed E-state index contributed by atoms with van der Waals surface area (Å²) in [6.45, 7) is 5.97. The predicted molar refractivity (Wildman–Crippen MR) is 115 cm³/mol. The van der Waals surface area contributed by atoms with Crippen molar-refractivity contribution < 1.29 is 19.2 Å². The number of primary amides is 1. The Hall–Kier alpha value is -3.12. The summed E-state index contributed by atoms with van der Waals surface area (Å²) in [4.78, 5) is 39.6. The van der Waals surface area contributed by atoms with Gasteiger partial charge in [-0.05, 0) is 24.0 Å². The van der Waals surface area contributed by atoms with Crippen LogP contribution in [0.25, 0.3) is 0 Å². The predicted octanol–water partition coefficient (Wildman–Crippen LogP) is 1.40. The van der Waals surface area contributed by atoms with Crippen LogP contribution in [0.15, 0.2) is 36.5 Å². The third kappa shape index (κ3) is 5.73. The fraction of sp³-hybridized carbons (Fsp3) is 0.421. The van der Waals surface area contributed by atoms with Gasteiger partial charge in [0.2, 0.25) is 5.91 Å². The highest BCUT2D eigenvalue weighted by atomic mass is 32.1. The Morgan fingerprint density at radius 1 is 1.26 bits per heavy atom. The Morgan fingerprint density at radius 2 is 1.90 bits per heavy atom. The van der Waals surface area contributed by atoms with Gasteiger partial charge in [0, 0.05) is 43.3 Å². The average Bonchev–Trinajstić information content (AvgIpc) is 3.24. The van der Waals surface area contributed by atoms with Crippen LogP contribution in [0.1, 0.15) is 17.3 Å². The molecule has 11 nitrogen and oxygen atoms in total. The number of carbonyl (C=O) groups excluding carboxylic acids is 2. The van der Waals surface area contributed by atoms with Crippen LogP contribution in [0.4, 0.5) is 10.6 Å². The van der Waals surface area contributed by atoms with Crippen molar-refractivity contribution in [1.82, 2.24) is 19.4 Å². The standard InChI is InChI=1S/C12H17N5O4S.C7H7NO/c1-12(7-14-2-4-15(5-3-14)11(18)22)8-16-6-9(17(19)20)13-10(16)21-12;8-7(9)6-4-2-1-3-5-6/h6H,2-5,7-8H2,1H3,(H,18,22);1-5H,(H2,8,9). The number of amides is 2. The highest BCUT2D eigenvalue weighted by molar-refractivity contribution is 7.96. The van der Waals surface area contributed by atoms with Crippen molar-refractivity contribution in [1.29, 1.82) is 0 Å². The zero-order chi connectivity index (χ0) is 22.6. The van der Waals surface area contributed by atoms with E-state index < -0.39 is 10.5 Å². The number of thiol groups is 1. The van der Waals surface area contributed by atoms with Gasteiger partial charge < -0.3 is 25.5 Å². The maximum Gasteiger partial charge on any atom is 0.415 e. The van der Waals surface area contributed by atoms with Gasteiger partial charge in [-0.25, -0.2) is 0 Å². The van der Waals surface area contributed by atoms with E-state index in [-0.39, 0.29) is 17.0 Å². The van der Waals surface area contributed by atoms with Crippen molar-refractivity contribution in [3.05, 3.63) is 52.2 Å². The van der Waals surface area contributed by atoms with E-state index in [4.69, 9.17) is 10.5 Å². The number of nitro groups is 1. The average molecular weight is 449 g/mol. The van der Waals surface area contributed by atoms with Crippen LogP contribution in [-0.4, -0.2) is 73.7 Å². The van der Waals surface area contributed by atoms with E-state index in [0.29, 0.717) is 37.8 Å². The number of imidazole rings is 1. The monoisotopic (exact) mass is 448 g/mol. The van der Waals surface area contributed by atoms with E-state index in [2.05, 4.69) is 22.5 Å². The Kier molecular flexibility index (Phi) is 6.81. The van der Waals surface area contributed by atoms with Crippen molar-refractivity contribution in [3.63, 3.8) is 0 Å². The molecule has 31 heavy (non-hydrogen) atoms. The number of benzene rings is 1. The topological polar surface area (TPSA) is 137 Å². The smallest absolute Gasteiger partial charge is 0.415 e. The van der Waals surface area contributed by atoms with Crippen molar-refractivity contribution in [2.24, 2.45) is 5.73 Å². The molecule has 2 N–H and O–H groups in total. The minimum atomic E-state index is -0.528. The summed E-state index contributed by atoms with van der Waals surface area (Å²) in [5.41, 5.74) is 5.06. The molecule has 2 amide bonds. The van der Waals surface area contributed by atoms with Gasteiger partial charge in [0.25, 0.3) is 5.24 Å². The lowest BCUT2D eigenvalue weighted by Crippen LogP contribution is -2.53. The van der Waals surface area contributed by atoms with Gasteiger partial charge in [0.1, 0.15) is 11.8 Å². The number of piperazine rings is 1. The Morgan fingerprint density at radius 3 is 2.39 bits per heavy atom. The van der Waals surface area contributed by atoms with Gasteiger partial charge in [-0.2, -0.15) is 0 Å². The molecule has 1 unspecified atom stereocenters. The number of rotatable bonds is 4. The lowest BCUT2D eigenvalue weighted by molar-refractivity contribution is -0.389. The number of carbonyl (C=O) groups is 2. The molecule has 12 heteroatoms. The Labute approximate surface area is 184 Å². The summed E-state index contributed by atoms with van der Waals surface area (Å²) in [6, 6.07) is 9.05. The number of fused-ring (bicyclic) bond motifs is 1. The van der Waals surface area contributed by atoms with E-state index in [1.165, 1.54) is 6.20 Å². The summed E-state index contributed by atoms with van der Waals surface area (Å²) in [6.07, 6.45) is 1.40. The lowest BCUT2D eigenvalue weighted by atomic mass is 10.1. The van der Waals surface area contributed by atoms with Gasteiger partial charge in [-0.1, -0.05) is 30.8 Å². The molecular weight excluding hydrogens is 424 g/mol. The molecule has 2 aliphatic rings. The molecule has 0 bridgehead atoms. The SMILES string of the molecule is CC1(CN2CCN(C(=O)S)CC2)Cn2cc([N+](=O)[O-])nc2O1.NC(=O)c1ccccc1. The molecule has 166 valence electrons. The molecule has 0 aliphatic carbocycles. The Balaban J connectivity index is 0.000000254. The van der Waals surface area contributed by atoms with E-state index in [0.717, 1.165) is 13.1 Å². The van der Waals surface area contributed by atoms with Gasteiger partial charge in [0.15, 0.2) is 0 Å². The zero-order valence-electron chi connectivity index (χ0n) is 17.0. The summed E-state index contributed by atoms with van der Waals surface area (Å²) in [7, 11) is 0. The molecular formula is C19H24N6O5S. The van der Waals surface area contributed by atoms with Gasteiger partial charge in [-0.3, -0.25) is 19.1 Å². The lowest BCUT2D eigenvalue weighted by Gasteiger charge is -2.37. The molecule has 4 rings (SSSR count). The van der Waals surface area contributed by atoms with Gasteiger partial charge in [-0.15, -0.1) is 0 Å². The second-order valence-electron chi connectivity index (χ2n) is 7.59. The van der Waals surface area contributed by atoms with Crippen LogP contribution in [0.2, 0.25) is 0 Å². The number of nitrogens with two attached hydrogens (primary N) is 1. The van der Waals surface area contributed by atoms with Crippen molar-refractivity contribution in [2.45, 2.75) is 19.1 Å². The van der Waals surface area contributed by atoms with E-state index in [1.54, 1.807) is 33.7 Å². The van der Waals surface area contributed by atoms with E-state index in [1.807, 2.05) is 13.0 Å². The van der Waals surface area contributed by atoms with Gasteiger partial charge in [0.05, 0.1) is 6.54 Å². The molecule has 0 saturated carbocycles. The highest BCUT2D eigenvalue weighted by Gasteiger charge is 2.41. The fourth-order valence-electron chi connectivity index (χ4n) is 3.54.